The normalized spacial score (nSPS) is 10.8. The predicted octanol–water partition coefficient (Wildman–Crippen LogP) is 2.37. The van der Waals surface area contributed by atoms with E-state index in [1.165, 1.54) is 32.6 Å². The van der Waals surface area contributed by atoms with Gasteiger partial charge in [0.1, 0.15) is 11.5 Å². The minimum Gasteiger partial charge on any atom is -0.493 e. The Morgan fingerprint density at radius 2 is 1.96 bits per heavy atom. The fraction of sp³-hybridized carbons (Fsp3) is 0.158. The van der Waals surface area contributed by atoms with Gasteiger partial charge < -0.3 is 24.5 Å². The van der Waals surface area contributed by atoms with Crippen LogP contribution in [0.1, 0.15) is 16.1 Å². The standard InChI is InChI=1S/C19H20N2O5/c1-4-9-20-19(23)15(12-14-6-5-10-26-14)21-18(22)13-7-8-16(24-2)17(11-13)25-3/h4-8,10-12H,1,9H2,2-3H3,(H,20,23)(H,21,22)/b15-12-. The summed E-state index contributed by atoms with van der Waals surface area (Å²) in [5, 5.41) is 5.20. The monoisotopic (exact) mass is 356 g/mol. The number of hydrogen-bond acceptors (Lipinski definition) is 5. The lowest BCUT2D eigenvalue weighted by atomic mass is 10.1. The van der Waals surface area contributed by atoms with Gasteiger partial charge in [0.25, 0.3) is 11.8 Å². The van der Waals surface area contributed by atoms with Crippen LogP contribution >= 0.6 is 0 Å². The van der Waals surface area contributed by atoms with Crippen LogP contribution in [0.25, 0.3) is 6.08 Å². The molecule has 2 rings (SSSR count). The molecule has 0 saturated carbocycles. The van der Waals surface area contributed by atoms with Gasteiger partial charge in [-0.2, -0.15) is 0 Å². The second-order valence-electron chi connectivity index (χ2n) is 5.10. The summed E-state index contributed by atoms with van der Waals surface area (Å²) in [6.07, 6.45) is 4.46. The summed E-state index contributed by atoms with van der Waals surface area (Å²) in [4.78, 5) is 24.8. The molecule has 0 aliphatic rings. The molecule has 0 unspecified atom stereocenters. The van der Waals surface area contributed by atoms with Gasteiger partial charge >= 0.3 is 0 Å². The van der Waals surface area contributed by atoms with E-state index in [-0.39, 0.29) is 12.2 Å². The molecule has 2 aromatic rings. The van der Waals surface area contributed by atoms with Crippen LogP contribution in [0.2, 0.25) is 0 Å². The zero-order chi connectivity index (χ0) is 18.9. The molecular weight excluding hydrogens is 336 g/mol. The van der Waals surface area contributed by atoms with Crippen LogP contribution in [0.3, 0.4) is 0 Å². The molecule has 0 spiro atoms. The average Bonchev–Trinajstić information content (AvgIpc) is 3.17. The highest BCUT2D eigenvalue weighted by atomic mass is 16.5. The van der Waals surface area contributed by atoms with Gasteiger partial charge in [-0.1, -0.05) is 6.08 Å². The van der Waals surface area contributed by atoms with Crippen molar-refractivity contribution < 1.29 is 23.5 Å². The van der Waals surface area contributed by atoms with Gasteiger partial charge in [-0.3, -0.25) is 9.59 Å². The van der Waals surface area contributed by atoms with E-state index in [1.807, 2.05) is 0 Å². The fourth-order valence-electron chi connectivity index (χ4n) is 2.11. The number of ether oxygens (including phenoxy) is 2. The lowest BCUT2D eigenvalue weighted by molar-refractivity contribution is -0.117. The maximum Gasteiger partial charge on any atom is 0.268 e. The zero-order valence-electron chi connectivity index (χ0n) is 14.6. The highest BCUT2D eigenvalue weighted by Gasteiger charge is 2.16. The number of hydrogen-bond donors (Lipinski definition) is 2. The molecule has 0 aliphatic heterocycles. The number of methoxy groups -OCH3 is 2. The SMILES string of the molecule is C=CCNC(=O)/C(=C/c1ccco1)NC(=O)c1ccc(OC)c(OC)c1. The van der Waals surface area contributed by atoms with Gasteiger partial charge in [-0.15, -0.1) is 6.58 Å². The largest absolute Gasteiger partial charge is 0.493 e. The van der Waals surface area contributed by atoms with E-state index in [0.717, 1.165) is 0 Å². The molecule has 7 heteroatoms. The lowest BCUT2D eigenvalue weighted by Crippen LogP contribution is -2.34. The summed E-state index contributed by atoms with van der Waals surface area (Å²) in [6.45, 7) is 3.81. The molecule has 0 bridgehead atoms. The first-order chi connectivity index (χ1) is 12.6. The van der Waals surface area contributed by atoms with E-state index in [4.69, 9.17) is 13.9 Å². The molecular formula is C19H20N2O5. The molecule has 0 radical (unpaired) electrons. The number of amides is 2. The summed E-state index contributed by atoms with van der Waals surface area (Å²) in [5.74, 6) is 0.404. The van der Waals surface area contributed by atoms with E-state index in [1.54, 1.807) is 30.3 Å². The number of nitrogens with one attached hydrogen (secondary N) is 2. The second kappa shape index (κ2) is 9.12. The van der Waals surface area contributed by atoms with Crippen molar-refractivity contribution in [2.24, 2.45) is 0 Å². The summed E-state index contributed by atoms with van der Waals surface area (Å²) in [7, 11) is 2.98. The van der Waals surface area contributed by atoms with Crippen LogP contribution in [0, 0.1) is 0 Å². The Kier molecular flexibility index (Phi) is 6.61. The Morgan fingerprint density at radius 1 is 1.19 bits per heavy atom. The summed E-state index contributed by atoms with van der Waals surface area (Å²) in [6, 6.07) is 8.06. The quantitative estimate of drug-likeness (QED) is 0.560. The maximum atomic E-state index is 12.6. The number of furan rings is 1. The van der Waals surface area contributed by atoms with Crippen LogP contribution in [-0.4, -0.2) is 32.6 Å². The maximum absolute atomic E-state index is 12.6. The van der Waals surface area contributed by atoms with E-state index in [0.29, 0.717) is 22.8 Å². The fourth-order valence-corrected chi connectivity index (χ4v) is 2.11. The third-order valence-corrected chi connectivity index (χ3v) is 3.38. The number of rotatable bonds is 8. The molecule has 2 N–H and O–H groups in total. The lowest BCUT2D eigenvalue weighted by Gasteiger charge is -2.12. The van der Waals surface area contributed by atoms with E-state index in [9.17, 15) is 9.59 Å². The van der Waals surface area contributed by atoms with Crippen LogP contribution < -0.4 is 20.1 Å². The molecule has 0 saturated heterocycles. The van der Waals surface area contributed by atoms with Gasteiger partial charge in [0.2, 0.25) is 0 Å². The molecule has 0 aliphatic carbocycles. The van der Waals surface area contributed by atoms with Gasteiger partial charge in [0.15, 0.2) is 11.5 Å². The highest BCUT2D eigenvalue weighted by molar-refractivity contribution is 6.05. The van der Waals surface area contributed by atoms with Crippen molar-refractivity contribution in [3.8, 4) is 11.5 Å². The minimum absolute atomic E-state index is 0.0431. The third kappa shape index (κ3) is 4.76. The van der Waals surface area contributed by atoms with Crippen LogP contribution in [0.4, 0.5) is 0 Å². The highest BCUT2D eigenvalue weighted by Crippen LogP contribution is 2.27. The molecule has 1 heterocycles. The Balaban J connectivity index is 2.25. The minimum atomic E-state index is -0.475. The van der Waals surface area contributed by atoms with Crippen LogP contribution in [0.15, 0.2) is 59.4 Å². The van der Waals surface area contributed by atoms with Gasteiger partial charge in [0, 0.05) is 18.2 Å². The van der Waals surface area contributed by atoms with Crippen LogP contribution in [0.5, 0.6) is 11.5 Å². The van der Waals surface area contributed by atoms with Crippen molar-refractivity contribution >= 4 is 17.9 Å². The summed E-state index contributed by atoms with van der Waals surface area (Å²) in [5.41, 5.74) is 0.353. The Labute approximate surface area is 151 Å². The van der Waals surface area contributed by atoms with Gasteiger partial charge in [0.05, 0.1) is 20.5 Å². The molecule has 1 aromatic carbocycles. The molecule has 0 fully saturated rings. The number of carbonyl (C=O) groups is 2. The van der Waals surface area contributed by atoms with Crippen molar-refractivity contribution in [1.29, 1.82) is 0 Å². The number of carbonyl (C=O) groups excluding carboxylic acids is 2. The smallest absolute Gasteiger partial charge is 0.268 e. The Morgan fingerprint density at radius 3 is 2.58 bits per heavy atom. The predicted molar refractivity (Wildman–Crippen MR) is 96.9 cm³/mol. The van der Waals surface area contributed by atoms with Crippen molar-refractivity contribution in [2.75, 3.05) is 20.8 Å². The van der Waals surface area contributed by atoms with Crippen molar-refractivity contribution in [1.82, 2.24) is 10.6 Å². The zero-order valence-corrected chi connectivity index (χ0v) is 14.6. The number of benzene rings is 1. The van der Waals surface area contributed by atoms with Crippen molar-refractivity contribution in [2.45, 2.75) is 0 Å². The first kappa shape index (κ1) is 18.9. The molecule has 7 nitrogen and oxygen atoms in total. The molecule has 0 atom stereocenters. The first-order valence-corrected chi connectivity index (χ1v) is 7.76. The summed E-state index contributed by atoms with van der Waals surface area (Å²) >= 11 is 0. The second-order valence-corrected chi connectivity index (χ2v) is 5.10. The first-order valence-electron chi connectivity index (χ1n) is 7.76. The molecule has 26 heavy (non-hydrogen) atoms. The van der Waals surface area contributed by atoms with Crippen molar-refractivity contribution in [3.63, 3.8) is 0 Å². The van der Waals surface area contributed by atoms with Gasteiger partial charge in [-0.05, 0) is 30.3 Å². The molecule has 1 aromatic heterocycles. The Bertz CT molecular complexity index is 809. The molecule has 2 amide bonds. The average molecular weight is 356 g/mol. The topological polar surface area (TPSA) is 89.8 Å². The molecule has 136 valence electrons. The van der Waals surface area contributed by atoms with Gasteiger partial charge in [-0.25, -0.2) is 0 Å². The van der Waals surface area contributed by atoms with Crippen molar-refractivity contribution in [3.05, 3.63) is 66.3 Å². The summed E-state index contributed by atoms with van der Waals surface area (Å²) < 4.78 is 15.6. The van der Waals surface area contributed by atoms with E-state index in [2.05, 4.69) is 17.2 Å². The third-order valence-electron chi connectivity index (χ3n) is 3.38. The van der Waals surface area contributed by atoms with E-state index >= 15 is 0 Å². The Hall–Kier alpha value is -3.48. The van der Waals surface area contributed by atoms with E-state index < -0.39 is 11.8 Å². The van der Waals surface area contributed by atoms with Crippen LogP contribution in [-0.2, 0) is 4.79 Å².